The number of hydrogen-bond acceptors (Lipinski definition) is 0. The number of hydrogen-bond donors (Lipinski definition) is 0. The van der Waals surface area contributed by atoms with Gasteiger partial charge < -0.3 is 0 Å². The van der Waals surface area contributed by atoms with Gasteiger partial charge >= 0.3 is 361 Å². The van der Waals surface area contributed by atoms with Gasteiger partial charge in [0.25, 0.3) is 0 Å². The summed E-state index contributed by atoms with van der Waals surface area (Å²) in [4.78, 5) is 0. The molecule has 8 rings (SSSR count). The standard InChI is InChI=1S/2C27H27.C2H7Si.Zr/c2*1-18-6-10-20(11-7-18)23-14-15-24(21-12-8-19(2)9-13-21)26-17-22(16-25(23)26)27(3,4)5;1-3-2;/h2*6-17H,1-5H3;3H,1-2H3;. The average molecular weight is 853 g/mol. The van der Waals surface area contributed by atoms with Crippen LogP contribution in [-0.4, -0.2) is 5.92 Å². The molecule has 0 saturated carbocycles. The Bertz CT molecular complexity index is 2370. The Balaban J connectivity index is 1.46. The molecule has 0 spiro atoms. The minimum atomic E-state index is -2.68. The van der Waals surface area contributed by atoms with Crippen LogP contribution in [0.15, 0.2) is 132 Å². The Morgan fingerprint density at radius 2 is 0.638 bits per heavy atom. The Kier molecular flexibility index (Phi) is 10.9. The summed E-state index contributed by atoms with van der Waals surface area (Å²) in [5.41, 5.74) is 25.7. The fraction of sp³-hybridized carbons (Fsp3) is 0.286. The van der Waals surface area contributed by atoms with Gasteiger partial charge in [0, 0.05) is 0 Å². The van der Waals surface area contributed by atoms with Crippen LogP contribution in [0.3, 0.4) is 0 Å². The van der Waals surface area contributed by atoms with Crippen molar-refractivity contribution >= 4 is 18.1 Å². The summed E-state index contributed by atoms with van der Waals surface area (Å²) in [7, 11) is 0. The Morgan fingerprint density at radius 3 is 0.897 bits per heavy atom. The molecule has 0 N–H and O–H groups in total. The number of rotatable bonds is 7. The van der Waals surface area contributed by atoms with Gasteiger partial charge in [-0.15, -0.1) is 0 Å². The summed E-state index contributed by atoms with van der Waals surface area (Å²) in [6, 6.07) is 47.1. The van der Waals surface area contributed by atoms with Crippen LogP contribution in [0.5, 0.6) is 0 Å². The average Bonchev–Trinajstić information content (AvgIpc) is 3.77. The van der Waals surface area contributed by atoms with Crippen molar-refractivity contribution in [2.75, 3.05) is 0 Å². The molecular weight excluding hydrogens is 792 g/mol. The molecule has 2 aliphatic rings. The zero-order valence-electron chi connectivity index (χ0n) is 36.9. The summed E-state index contributed by atoms with van der Waals surface area (Å²) in [6.45, 7) is 29.2. The quantitative estimate of drug-likeness (QED) is 0.140. The maximum atomic E-state index is 2.73. The molecule has 6 aromatic carbocycles. The van der Waals surface area contributed by atoms with Crippen LogP contribution in [0.25, 0.3) is 56.7 Å². The molecular formula is C56H61SiZr. The van der Waals surface area contributed by atoms with E-state index in [0.717, 1.165) is 0 Å². The van der Waals surface area contributed by atoms with E-state index in [2.05, 4.69) is 216 Å². The molecule has 2 aliphatic carbocycles. The normalized spacial score (nSPS) is 16.3. The monoisotopic (exact) mass is 851 g/mol. The zero-order chi connectivity index (χ0) is 41.3. The zero-order valence-corrected chi connectivity index (χ0v) is 40.5. The van der Waals surface area contributed by atoms with E-state index in [1.54, 1.807) is 22.3 Å². The molecule has 0 fully saturated rings. The third-order valence-corrected chi connectivity index (χ3v) is 34.2. The first kappa shape index (κ1) is 40.7. The van der Waals surface area contributed by atoms with Gasteiger partial charge in [0.1, 0.15) is 0 Å². The molecule has 0 saturated heterocycles. The molecule has 0 aromatic heterocycles. The second-order valence-electron chi connectivity index (χ2n) is 19.7. The number of benzene rings is 6. The first-order valence-corrected chi connectivity index (χ1v) is 31.4. The van der Waals surface area contributed by atoms with Gasteiger partial charge in [-0.25, -0.2) is 0 Å². The summed E-state index contributed by atoms with van der Waals surface area (Å²) in [6.07, 6.45) is 5.40. The molecule has 6 aromatic rings. The molecule has 0 amide bonds. The molecule has 0 bridgehead atoms. The van der Waals surface area contributed by atoms with Gasteiger partial charge in [0.15, 0.2) is 0 Å². The summed E-state index contributed by atoms with van der Waals surface area (Å²) in [5, 5.41) is 0. The van der Waals surface area contributed by atoms with Crippen LogP contribution >= 0.6 is 0 Å². The molecule has 2 unspecified atom stereocenters. The Morgan fingerprint density at radius 1 is 0.379 bits per heavy atom. The van der Waals surface area contributed by atoms with Crippen LogP contribution in [-0.2, 0) is 20.9 Å². The predicted octanol–water partition coefficient (Wildman–Crippen LogP) is 15.9. The van der Waals surface area contributed by atoms with Gasteiger partial charge in [0.2, 0.25) is 0 Å². The van der Waals surface area contributed by atoms with Crippen molar-refractivity contribution in [3.05, 3.63) is 177 Å². The molecule has 58 heavy (non-hydrogen) atoms. The summed E-state index contributed by atoms with van der Waals surface area (Å²) in [5.74, 6) is -1.25. The fourth-order valence-electron chi connectivity index (χ4n) is 9.76. The summed E-state index contributed by atoms with van der Waals surface area (Å²) >= 11 is -2.68. The van der Waals surface area contributed by atoms with Gasteiger partial charge in [-0.1, -0.05) is 0 Å². The van der Waals surface area contributed by atoms with E-state index in [4.69, 9.17) is 0 Å². The topological polar surface area (TPSA) is 0 Å². The van der Waals surface area contributed by atoms with E-state index in [-0.39, 0.29) is 10.8 Å². The molecule has 2 atom stereocenters. The second kappa shape index (κ2) is 15.5. The van der Waals surface area contributed by atoms with E-state index in [0.29, 0.717) is 7.25 Å². The van der Waals surface area contributed by atoms with Crippen molar-refractivity contribution in [1.29, 1.82) is 0 Å². The molecule has 293 valence electrons. The van der Waals surface area contributed by atoms with E-state index in [1.807, 2.05) is 0 Å². The molecule has 0 heterocycles. The van der Waals surface area contributed by atoms with Crippen molar-refractivity contribution in [2.24, 2.45) is 10.8 Å². The number of aryl methyl sites for hydroxylation is 4. The Hall–Kier alpha value is -4.10. The minimum absolute atomic E-state index is 0.0183. The van der Waals surface area contributed by atoms with Crippen molar-refractivity contribution in [1.82, 2.24) is 0 Å². The number of allylic oxidation sites excluding steroid dienone is 2. The van der Waals surface area contributed by atoms with E-state index in [9.17, 15) is 0 Å². The van der Waals surface area contributed by atoms with Crippen LogP contribution in [0.1, 0.15) is 93.3 Å². The molecule has 0 radical (unpaired) electrons. The van der Waals surface area contributed by atoms with Crippen LogP contribution in [0.4, 0.5) is 0 Å². The molecule has 2 heteroatoms. The first-order chi connectivity index (χ1) is 27.5. The fourth-order valence-corrected chi connectivity index (χ4v) is 33.3. The van der Waals surface area contributed by atoms with Gasteiger partial charge in [-0.3, -0.25) is 0 Å². The van der Waals surface area contributed by atoms with E-state index >= 15 is 0 Å². The van der Waals surface area contributed by atoms with Gasteiger partial charge in [-0.05, 0) is 0 Å². The van der Waals surface area contributed by atoms with Crippen LogP contribution in [0, 0.1) is 38.5 Å². The van der Waals surface area contributed by atoms with Gasteiger partial charge in [-0.2, -0.15) is 0 Å². The van der Waals surface area contributed by atoms with Gasteiger partial charge in [0.05, 0.1) is 0 Å². The third kappa shape index (κ3) is 7.50. The second-order valence-corrected chi connectivity index (χ2v) is 39.7. The predicted molar refractivity (Wildman–Crippen MR) is 253 cm³/mol. The maximum absolute atomic E-state index is 2.73. The van der Waals surface area contributed by atoms with E-state index < -0.39 is 26.8 Å². The molecule has 0 aliphatic heterocycles. The van der Waals surface area contributed by atoms with Crippen LogP contribution < -0.4 is 0 Å². The Labute approximate surface area is 358 Å². The van der Waals surface area contributed by atoms with E-state index in [1.165, 1.54) is 77.9 Å². The summed E-state index contributed by atoms with van der Waals surface area (Å²) < 4.78 is 0.919. The molecule has 0 nitrogen and oxygen atoms in total. The van der Waals surface area contributed by atoms with Crippen molar-refractivity contribution in [2.45, 2.75) is 89.6 Å². The first-order valence-electron chi connectivity index (χ1n) is 21.4. The van der Waals surface area contributed by atoms with Crippen molar-refractivity contribution in [3.8, 4) is 44.5 Å². The SMILES string of the molecule is Cc1ccc(-c2ccc(-c3ccc(C)cc3)c3c2C=C(C(C)(C)C)[CH]3[Zr]([CH]2C(C(C)(C)C)=Cc3c(-c4ccc(C)cc4)ccc(-c4ccc(C)cc4)c32)[SiH](C)C)cc1. The third-order valence-electron chi connectivity index (χ3n) is 12.9. The van der Waals surface area contributed by atoms with Crippen molar-refractivity contribution in [3.63, 3.8) is 0 Å². The number of fused-ring (bicyclic) bond motifs is 2. The van der Waals surface area contributed by atoms with Crippen molar-refractivity contribution < 1.29 is 20.9 Å². The van der Waals surface area contributed by atoms with Crippen LogP contribution in [0.2, 0.25) is 13.1 Å².